The van der Waals surface area contributed by atoms with Crippen LogP contribution in [-0.2, 0) is 24.2 Å². The average molecular weight is 458 g/mol. The molecule has 1 saturated carbocycles. The number of rotatable bonds is 6. The highest BCUT2D eigenvalue weighted by Crippen LogP contribution is 2.35. The third-order valence-electron chi connectivity index (χ3n) is 6.30. The Balaban J connectivity index is 1.34. The Morgan fingerprint density at radius 1 is 1.26 bits per heavy atom. The van der Waals surface area contributed by atoms with Gasteiger partial charge in [0.1, 0.15) is 10.6 Å². The van der Waals surface area contributed by atoms with E-state index in [-0.39, 0.29) is 17.2 Å². The number of anilines is 1. The smallest absolute Gasteiger partial charge is 0.263 e. The number of fused-ring (bicyclic) bond motifs is 3. The van der Waals surface area contributed by atoms with Crippen molar-refractivity contribution in [2.24, 2.45) is 0 Å². The molecule has 3 aromatic rings. The lowest BCUT2D eigenvalue weighted by Gasteiger charge is -2.15. The Kier molecular flexibility index (Phi) is 5.88. The zero-order chi connectivity index (χ0) is 21.4. The van der Waals surface area contributed by atoms with Gasteiger partial charge in [-0.25, -0.2) is 9.67 Å². The SMILES string of the molecule is CCn1c(SCC(=O)Nc2ccnn2C2CCCC2)nc2sc3c(c2c1=O)CCCC3. The molecule has 5 rings (SSSR count). The zero-order valence-electron chi connectivity index (χ0n) is 17.7. The maximum atomic E-state index is 13.2. The van der Waals surface area contributed by atoms with E-state index >= 15 is 0 Å². The van der Waals surface area contributed by atoms with Gasteiger partial charge in [0, 0.05) is 17.5 Å². The molecule has 0 spiro atoms. The Bertz CT molecular complexity index is 1170. The molecule has 0 atom stereocenters. The number of nitrogens with zero attached hydrogens (tertiary/aromatic N) is 4. The maximum Gasteiger partial charge on any atom is 0.263 e. The molecule has 3 aromatic heterocycles. The van der Waals surface area contributed by atoms with Crippen LogP contribution in [-0.4, -0.2) is 31.0 Å². The van der Waals surface area contributed by atoms with Gasteiger partial charge in [0.25, 0.3) is 5.56 Å². The number of hydrogen-bond donors (Lipinski definition) is 1. The highest BCUT2D eigenvalue weighted by molar-refractivity contribution is 7.99. The van der Waals surface area contributed by atoms with Gasteiger partial charge in [-0.1, -0.05) is 24.6 Å². The van der Waals surface area contributed by atoms with E-state index in [9.17, 15) is 9.59 Å². The summed E-state index contributed by atoms with van der Waals surface area (Å²) in [6.45, 7) is 2.50. The average Bonchev–Trinajstić information content (AvgIpc) is 3.51. The maximum absolute atomic E-state index is 13.2. The summed E-state index contributed by atoms with van der Waals surface area (Å²) in [6, 6.07) is 2.22. The van der Waals surface area contributed by atoms with Crippen LogP contribution in [0.5, 0.6) is 0 Å². The molecular weight excluding hydrogens is 430 g/mol. The zero-order valence-corrected chi connectivity index (χ0v) is 19.4. The van der Waals surface area contributed by atoms with Gasteiger partial charge in [-0.2, -0.15) is 5.10 Å². The number of thiophene rings is 1. The van der Waals surface area contributed by atoms with Crippen molar-refractivity contribution in [1.29, 1.82) is 0 Å². The second kappa shape index (κ2) is 8.78. The van der Waals surface area contributed by atoms with E-state index in [1.165, 1.54) is 41.5 Å². The van der Waals surface area contributed by atoms with Crippen LogP contribution in [0.25, 0.3) is 10.2 Å². The van der Waals surface area contributed by atoms with Crippen molar-refractivity contribution in [2.45, 2.75) is 76.0 Å². The first-order chi connectivity index (χ1) is 15.2. The standard InChI is InChI=1S/C22H27N5O2S2/c1-2-26-21(29)19-15-9-5-6-10-16(15)31-20(19)25-22(26)30-13-18(28)24-17-11-12-23-27(17)14-7-3-4-8-14/h11-12,14H,2-10,13H2,1H3,(H,24,28). The summed E-state index contributed by atoms with van der Waals surface area (Å²) in [4.78, 5) is 32.8. The Morgan fingerprint density at radius 2 is 2.06 bits per heavy atom. The highest BCUT2D eigenvalue weighted by Gasteiger charge is 2.23. The summed E-state index contributed by atoms with van der Waals surface area (Å²) in [6.07, 6.45) is 10.7. The molecule has 0 radical (unpaired) electrons. The van der Waals surface area contributed by atoms with Crippen molar-refractivity contribution >= 4 is 45.0 Å². The topological polar surface area (TPSA) is 81.8 Å². The quantitative estimate of drug-likeness (QED) is 0.438. The normalized spacial score (nSPS) is 16.7. The monoisotopic (exact) mass is 457 g/mol. The van der Waals surface area contributed by atoms with Crippen LogP contribution in [0.4, 0.5) is 5.82 Å². The lowest BCUT2D eigenvalue weighted by Crippen LogP contribution is -2.24. The predicted octanol–water partition coefficient (Wildman–Crippen LogP) is 4.40. The number of aromatic nitrogens is 4. The molecule has 164 valence electrons. The minimum absolute atomic E-state index is 0.0362. The Morgan fingerprint density at radius 3 is 2.87 bits per heavy atom. The van der Waals surface area contributed by atoms with E-state index in [1.807, 2.05) is 17.7 Å². The van der Waals surface area contributed by atoms with Gasteiger partial charge < -0.3 is 5.32 Å². The van der Waals surface area contributed by atoms with Crippen LogP contribution in [0.2, 0.25) is 0 Å². The van der Waals surface area contributed by atoms with Gasteiger partial charge >= 0.3 is 0 Å². The summed E-state index contributed by atoms with van der Waals surface area (Å²) in [5, 5.41) is 8.83. The minimum Gasteiger partial charge on any atom is -0.310 e. The van der Waals surface area contributed by atoms with Crippen LogP contribution >= 0.6 is 23.1 Å². The van der Waals surface area contributed by atoms with Gasteiger partial charge in [0.15, 0.2) is 5.16 Å². The van der Waals surface area contributed by atoms with Gasteiger partial charge in [0.2, 0.25) is 5.91 Å². The number of aryl methyl sites for hydroxylation is 2. The van der Waals surface area contributed by atoms with Gasteiger partial charge in [0.05, 0.1) is 23.4 Å². The third kappa shape index (κ3) is 3.93. The van der Waals surface area contributed by atoms with Gasteiger partial charge in [-0.3, -0.25) is 14.2 Å². The van der Waals surface area contributed by atoms with E-state index in [0.717, 1.165) is 48.1 Å². The van der Waals surface area contributed by atoms with E-state index in [2.05, 4.69) is 10.4 Å². The summed E-state index contributed by atoms with van der Waals surface area (Å²) in [7, 11) is 0. The lowest BCUT2D eigenvalue weighted by molar-refractivity contribution is -0.113. The van der Waals surface area contributed by atoms with E-state index in [4.69, 9.17) is 4.98 Å². The number of amides is 1. The molecule has 0 aliphatic heterocycles. The molecule has 9 heteroatoms. The van der Waals surface area contributed by atoms with Crippen LogP contribution in [0.3, 0.4) is 0 Å². The number of carbonyl (C=O) groups is 1. The molecule has 1 N–H and O–H groups in total. The van der Waals surface area contributed by atoms with Crippen LogP contribution < -0.4 is 10.9 Å². The molecule has 0 saturated heterocycles. The molecule has 1 amide bonds. The second-order valence-electron chi connectivity index (χ2n) is 8.27. The second-order valence-corrected chi connectivity index (χ2v) is 10.3. The van der Waals surface area contributed by atoms with Crippen LogP contribution in [0, 0.1) is 0 Å². The van der Waals surface area contributed by atoms with E-state index in [0.29, 0.717) is 17.7 Å². The van der Waals surface area contributed by atoms with Crippen molar-refractivity contribution in [1.82, 2.24) is 19.3 Å². The van der Waals surface area contributed by atoms with Crippen molar-refractivity contribution < 1.29 is 4.79 Å². The number of hydrogen-bond acceptors (Lipinski definition) is 6. The van der Waals surface area contributed by atoms with Crippen molar-refractivity contribution in [2.75, 3.05) is 11.1 Å². The largest absolute Gasteiger partial charge is 0.310 e. The fraction of sp³-hybridized carbons (Fsp3) is 0.545. The number of carbonyl (C=O) groups excluding carboxylic acids is 1. The fourth-order valence-corrected chi connectivity index (χ4v) is 6.94. The molecule has 0 aromatic carbocycles. The molecule has 2 aliphatic rings. The van der Waals surface area contributed by atoms with Crippen molar-refractivity contribution in [3.8, 4) is 0 Å². The summed E-state index contributed by atoms with van der Waals surface area (Å²) in [5.74, 6) is 0.853. The van der Waals surface area contributed by atoms with Crippen LogP contribution in [0.1, 0.15) is 61.9 Å². The molecule has 0 bridgehead atoms. The minimum atomic E-state index is -0.104. The third-order valence-corrected chi connectivity index (χ3v) is 8.46. The first-order valence-corrected chi connectivity index (χ1v) is 13.0. The number of nitrogens with one attached hydrogen (secondary N) is 1. The van der Waals surface area contributed by atoms with Crippen LogP contribution in [0.15, 0.2) is 22.2 Å². The Hall–Kier alpha value is -2.13. The Labute approximate surface area is 189 Å². The van der Waals surface area contributed by atoms with Crippen molar-refractivity contribution in [3.63, 3.8) is 0 Å². The van der Waals surface area contributed by atoms with E-state index < -0.39 is 0 Å². The molecule has 0 unspecified atom stereocenters. The predicted molar refractivity (Wildman–Crippen MR) is 125 cm³/mol. The molecule has 3 heterocycles. The van der Waals surface area contributed by atoms with Gasteiger partial charge in [-0.05, 0) is 51.0 Å². The fourth-order valence-electron chi connectivity index (χ4n) is 4.77. The lowest BCUT2D eigenvalue weighted by atomic mass is 9.97. The van der Waals surface area contributed by atoms with Gasteiger partial charge in [-0.15, -0.1) is 11.3 Å². The molecule has 2 aliphatic carbocycles. The molecule has 31 heavy (non-hydrogen) atoms. The number of thioether (sulfide) groups is 1. The highest BCUT2D eigenvalue weighted by atomic mass is 32.2. The molecule has 1 fully saturated rings. The molecule has 7 nitrogen and oxygen atoms in total. The van der Waals surface area contributed by atoms with E-state index in [1.54, 1.807) is 22.1 Å². The first kappa shape index (κ1) is 20.8. The summed E-state index contributed by atoms with van der Waals surface area (Å²) < 4.78 is 3.66. The summed E-state index contributed by atoms with van der Waals surface area (Å²) >= 11 is 2.98. The first-order valence-electron chi connectivity index (χ1n) is 11.2. The molecular formula is C22H27N5O2S2. The summed E-state index contributed by atoms with van der Waals surface area (Å²) in [5.41, 5.74) is 1.24. The van der Waals surface area contributed by atoms with Crippen molar-refractivity contribution in [3.05, 3.63) is 33.1 Å².